The Morgan fingerprint density at radius 3 is 1.56 bits per heavy atom. The second-order valence-corrected chi connectivity index (χ2v) is 7.81. The fourth-order valence-electron chi connectivity index (χ4n) is 3.43. The Morgan fingerprint density at radius 1 is 0.722 bits per heavy atom. The van der Waals surface area contributed by atoms with Crippen LogP contribution in [0.4, 0.5) is 5.69 Å². The standard InChI is InChI=1S/C21H26N4O10S/c26-17(27)8-23(5-6-24(9-18(28)29)10-19(30)31)7-16(25(11-20(32)33)12-21(34)35)14-1-3-15(4-2-14)22-13-36/h1-4,16H,5-12H2,(H,26,27)(H,28,29)(H,30,31)(H,32,33)(H,34,35). The molecule has 5 N–H and O–H groups in total. The quantitative estimate of drug-likeness (QED) is 0.124. The topological polar surface area (TPSA) is 209 Å². The average Bonchev–Trinajstić information content (AvgIpc) is 2.74. The van der Waals surface area contributed by atoms with Gasteiger partial charge in [-0.15, -0.1) is 0 Å². The number of aliphatic imine (C=N–C) groups is 1. The minimum atomic E-state index is -1.30. The number of hydrogen-bond acceptors (Lipinski definition) is 10. The van der Waals surface area contributed by atoms with Gasteiger partial charge in [-0.1, -0.05) is 12.1 Å². The summed E-state index contributed by atoms with van der Waals surface area (Å²) in [6.07, 6.45) is 0. The molecule has 0 amide bonds. The Kier molecular flexibility index (Phi) is 12.9. The zero-order chi connectivity index (χ0) is 27.3. The van der Waals surface area contributed by atoms with Crippen LogP contribution < -0.4 is 0 Å². The van der Waals surface area contributed by atoms with Gasteiger partial charge in [-0.3, -0.25) is 38.7 Å². The molecule has 1 aromatic rings. The van der Waals surface area contributed by atoms with Crippen LogP contribution in [0.25, 0.3) is 0 Å². The molecule has 1 unspecified atom stereocenters. The van der Waals surface area contributed by atoms with Crippen molar-refractivity contribution in [1.82, 2.24) is 14.7 Å². The Labute approximate surface area is 210 Å². The number of carboxylic acids is 5. The molecule has 196 valence electrons. The summed E-state index contributed by atoms with van der Waals surface area (Å²) in [5, 5.41) is 48.3. The zero-order valence-corrected chi connectivity index (χ0v) is 19.8. The predicted octanol–water partition coefficient (Wildman–Crippen LogP) is -0.209. The largest absolute Gasteiger partial charge is 0.480 e. The van der Waals surface area contributed by atoms with E-state index in [-0.39, 0.29) is 19.6 Å². The Bertz CT molecular complexity index is 965. The number of aliphatic carboxylic acids is 5. The fraction of sp³-hybridized carbons (Fsp3) is 0.429. The second-order valence-electron chi connectivity index (χ2n) is 7.63. The van der Waals surface area contributed by atoms with Crippen LogP contribution in [0.3, 0.4) is 0 Å². The molecule has 0 bridgehead atoms. The van der Waals surface area contributed by atoms with Gasteiger partial charge in [0, 0.05) is 25.7 Å². The van der Waals surface area contributed by atoms with Gasteiger partial charge < -0.3 is 25.5 Å². The van der Waals surface area contributed by atoms with Gasteiger partial charge in [0.05, 0.1) is 43.6 Å². The van der Waals surface area contributed by atoms with E-state index in [4.69, 9.17) is 10.2 Å². The summed E-state index contributed by atoms with van der Waals surface area (Å²) in [6.45, 7) is -3.44. The molecule has 1 rings (SSSR count). The van der Waals surface area contributed by atoms with Crippen molar-refractivity contribution < 1.29 is 49.5 Å². The van der Waals surface area contributed by atoms with Crippen molar-refractivity contribution in [3.05, 3.63) is 29.8 Å². The number of carboxylic acid groups (broad SMARTS) is 5. The average molecular weight is 527 g/mol. The molecule has 0 heterocycles. The third-order valence-electron chi connectivity index (χ3n) is 4.81. The molecule has 1 atom stereocenters. The van der Waals surface area contributed by atoms with Gasteiger partial charge >= 0.3 is 29.8 Å². The Balaban J connectivity index is 3.32. The van der Waals surface area contributed by atoms with Crippen LogP contribution in [0.1, 0.15) is 11.6 Å². The summed E-state index contributed by atoms with van der Waals surface area (Å²) >= 11 is 4.56. The number of rotatable bonds is 18. The zero-order valence-electron chi connectivity index (χ0n) is 19.0. The first-order valence-corrected chi connectivity index (χ1v) is 10.8. The Hall–Kier alpha value is -3.75. The monoisotopic (exact) mass is 526 g/mol. The first-order valence-electron chi connectivity index (χ1n) is 10.4. The van der Waals surface area contributed by atoms with Crippen molar-refractivity contribution in [2.75, 3.05) is 52.4 Å². The van der Waals surface area contributed by atoms with Crippen molar-refractivity contribution in [2.24, 2.45) is 4.99 Å². The van der Waals surface area contributed by atoms with Crippen molar-refractivity contribution in [1.29, 1.82) is 0 Å². The lowest BCUT2D eigenvalue weighted by atomic mass is 10.0. The molecule has 0 aliphatic heterocycles. The van der Waals surface area contributed by atoms with Crippen LogP contribution in [0.5, 0.6) is 0 Å². The van der Waals surface area contributed by atoms with E-state index in [0.29, 0.717) is 11.3 Å². The predicted molar refractivity (Wildman–Crippen MR) is 127 cm³/mol. The number of thiocarbonyl (C=S) groups is 1. The number of benzene rings is 1. The summed E-state index contributed by atoms with van der Waals surface area (Å²) < 4.78 is 0. The summed E-state index contributed by atoms with van der Waals surface area (Å²) in [5.74, 6) is -6.39. The molecular weight excluding hydrogens is 500 g/mol. The maximum absolute atomic E-state index is 11.5. The van der Waals surface area contributed by atoms with Crippen molar-refractivity contribution in [3.8, 4) is 0 Å². The summed E-state index contributed by atoms with van der Waals surface area (Å²) in [5.41, 5.74) is 0.903. The molecule has 0 radical (unpaired) electrons. The lowest BCUT2D eigenvalue weighted by molar-refractivity contribution is -0.144. The van der Waals surface area contributed by atoms with Crippen molar-refractivity contribution >= 4 is 52.9 Å². The normalized spacial score (nSPS) is 11.8. The van der Waals surface area contributed by atoms with Crippen LogP contribution in [-0.2, 0) is 24.0 Å². The highest BCUT2D eigenvalue weighted by atomic mass is 32.1. The van der Waals surface area contributed by atoms with Crippen LogP contribution in [-0.4, -0.2) is 128 Å². The van der Waals surface area contributed by atoms with E-state index in [1.54, 1.807) is 24.3 Å². The fourth-order valence-corrected chi connectivity index (χ4v) is 3.53. The minimum absolute atomic E-state index is 0.0926. The maximum Gasteiger partial charge on any atom is 0.317 e. The lowest BCUT2D eigenvalue weighted by Gasteiger charge is -2.34. The van der Waals surface area contributed by atoms with Crippen LogP contribution in [0.15, 0.2) is 29.3 Å². The van der Waals surface area contributed by atoms with Gasteiger partial charge in [0.25, 0.3) is 0 Å². The van der Waals surface area contributed by atoms with Crippen molar-refractivity contribution in [2.45, 2.75) is 6.04 Å². The van der Waals surface area contributed by atoms with Gasteiger partial charge in [-0.25, -0.2) is 0 Å². The van der Waals surface area contributed by atoms with E-state index in [1.165, 1.54) is 4.90 Å². The second kappa shape index (κ2) is 15.3. The summed E-state index contributed by atoms with van der Waals surface area (Å²) in [6, 6.07) is 5.31. The number of carbonyl (C=O) groups is 5. The van der Waals surface area contributed by atoms with E-state index in [1.807, 2.05) is 0 Å². The molecular formula is C21H26N4O10S. The van der Waals surface area contributed by atoms with Gasteiger partial charge in [-0.2, -0.15) is 4.99 Å². The molecule has 0 saturated heterocycles. The highest BCUT2D eigenvalue weighted by Gasteiger charge is 2.28. The van der Waals surface area contributed by atoms with Crippen LogP contribution in [0.2, 0.25) is 0 Å². The highest BCUT2D eigenvalue weighted by Crippen LogP contribution is 2.25. The molecule has 0 saturated carbocycles. The molecule has 0 aromatic heterocycles. The van der Waals surface area contributed by atoms with Gasteiger partial charge in [0.2, 0.25) is 0 Å². The van der Waals surface area contributed by atoms with Crippen molar-refractivity contribution in [3.63, 3.8) is 0 Å². The Morgan fingerprint density at radius 2 is 1.14 bits per heavy atom. The third kappa shape index (κ3) is 12.1. The lowest BCUT2D eigenvalue weighted by Crippen LogP contribution is -2.46. The highest BCUT2D eigenvalue weighted by molar-refractivity contribution is 7.78. The molecule has 0 fully saturated rings. The molecule has 1 aromatic carbocycles. The molecule has 36 heavy (non-hydrogen) atoms. The molecule has 0 spiro atoms. The molecule has 15 heteroatoms. The van der Waals surface area contributed by atoms with E-state index in [2.05, 4.69) is 22.4 Å². The van der Waals surface area contributed by atoms with E-state index < -0.39 is 68.6 Å². The molecule has 14 nitrogen and oxygen atoms in total. The number of isothiocyanates is 1. The van der Waals surface area contributed by atoms with Gasteiger partial charge in [-0.05, 0) is 29.9 Å². The van der Waals surface area contributed by atoms with E-state index in [9.17, 15) is 39.3 Å². The minimum Gasteiger partial charge on any atom is -0.480 e. The number of hydrogen-bond donors (Lipinski definition) is 5. The summed E-state index contributed by atoms with van der Waals surface area (Å²) in [4.78, 5) is 63.9. The smallest absolute Gasteiger partial charge is 0.317 e. The third-order valence-corrected chi connectivity index (χ3v) is 4.90. The number of nitrogens with zero attached hydrogens (tertiary/aromatic N) is 4. The van der Waals surface area contributed by atoms with E-state index in [0.717, 1.165) is 9.80 Å². The first-order chi connectivity index (χ1) is 16.9. The summed E-state index contributed by atoms with van der Waals surface area (Å²) in [7, 11) is 0. The first kappa shape index (κ1) is 30.3. The van der Waals surface area contributed by atoms with Crippen LogP contribution >= 0.6 is 12.2 Å². The van der Waals surface area contributed by atoms with Gasteiger partial charge in [0.1, 0.15) is 0 Å². The molecule has 0 aliphatic rings. The van der Waals surface area contributed by atoms with Crippen LogP contribution in [0, 0.1) is 0 Å². The maximum atomic E-state index is 11.5. The molecule has 0 aliphatic carbocycles. The van der Waals surface area contributed by atoms with Gasteiger partial charge in [0.15, 0.2) is 0 Å². The SMILES string of the molecule is O=C(O)CN(CCN(CC(=O)O)CC(c1ccc(N=C=S)cc1)N(CC(=O)O)CC(=O)O)CC(=O)O. The van der Waals surface area contributed by atoms with E-state index >= 15 is 0 Å².